The Morgan fingerprint density at radius 1 is 1.17 bits per heavy atom. The van der Waals surface area contributed by atoms with E-state index in [4.69, 9.17) is 16.3 Å². The molecule has 150 valence electrons. The number of anilines is 1. The van der Waals surface area contributed by atoms with Crippen LogP contribution in [0.4, 0.5) is 14.7 Å². The summed E-state index contributed by atoms with van der Waals surface area (Å²) in [5.74, 6) is -5.14. The van der Waals surface area contributed by atoms with Crippen LogP contribution in [0.2, 0.25) is 5.02 Å². The predicted octanol–water partition coefficient (Wildman–Crippen LogP) is 3.45. The van der Waals surface area contributed by atoms with Crippen LogP contribution in [0.3, 0.4) is 0 Å². The fraction of sp³-hybridized carbons (Fsp3) is 0.167. The van der Waals surface area contributed by atoms with E-state index in [1.807, 2.05) is 0 Å². The fourth-order valence-electron chi connectivity index (χ4n) is 2.32. The topological polar surface area (TPSA) is 99.0 Å². The molecule has 1 N–H and O–H groups in total. The van der Waals surface area contributed by atoms with E-state index >= 15 is 0 Å². The van der Waals surface area contributed by atoms with Gasteiger partial charge in [-0.2, -0.15) is 13.8 Å². The zero-order chi connectivity index (χ0) is 21.2. The van der Waals surface area contributed by atoms with Crippen LogP contribution in [0, 0.1) is 0 Å². The number of alkyl halides is 2. The first kappa shape index (κ1) is 20.3. The lowest BCUT2D eigenvalue weighted by Crippen LogP contribution is -2.15. The summed E-state index contributed by atoms with van der Waals surface area (Å²) < 4.78 is 32.8. The largest absolute Gasteiger partial charge is 0.422 e. The molecule has 0 unspecified atom stereocenters. The van der Waals surface area contributed by atoms with Crippen molar-refractivity contribution in [1.82, 2.24) is 19.7 Å². The number of carbonyl (C=O) groups excluding carboxylic acids is 2. The first-order valence-corrected chi connectivity index (χ1v) is 8.56. The third kappa shape index (κ3) is 4.91. The number of hydrogen-bond donors (Lipinski definition) is 1. The van der Waals surface area contributed by atoms with E-state index in [2.05, 4.69) is 20.4 Å². The van der Waals surface area contributed by atoms with Crippen molar-refractivity contribution >= 4 is 29.4 Å². The molecule has 1 aromatic carbocycles. The number of nitrogens with one attached hydrogen (secondary N) is 1. The van der Waals surface area contributed by atoms with Gasteiger partial charge in [-0.1, -0.05) is 11.6 Å². The molecule has 11 heteroatoms. The van der Waals surface area contributed by atoms with Crippen LogP contribution < -0.4 is 10.1 Å². The highest BCUT2D eigenvalue weighted by Crippen LogP contribution is 2.25. The van der Waals surface area contributed by atoms with Gasteiger partial charge in [-0.3, -0.25) is 10.1 Å². The van der Waals surface area contributed by atoms with Crippen molar-refractivity contribution in [1.29, 1.82) is 0 Å². The van der Waals surface area contributed by atoms with Gasteiger partial charge in [-0.15, -0.1) is 5.10 Å². The minimum absolute atomic E-state index is 0.0703. The summed E-state index contributed by atoms with van der Waals surface area (Å²) in [5.41, 5.74) is 0.257. The van der Waals surface area contributed by atoms with Crippen LogP contribution in [0.1, 0.15) is 33.6 Å². The second kappa shape index (κ2) is 7.92. The van der Waals surface area contributed by atoms with Crippen molar-refractivity contribution < 1.29 is 23.1 Å². The number of amides is 1. The number of nitrogens with zero attached hydrogens (tertiary/aromatic N) is 4. The number of halogens is 3. The van der Waals surface area contributed by atoms with E-state index in [1.165, 1.54) is 49.6 Å². The standard InChI is InChI=1S/C18H14ClF2N5O3/c1-18(20,21)16-24-17(25-26(16)2)23-14(27)10-3-6-12(7-4-10)29-15(28)13-8-5-11(19)9-22-13/h3-9H,1-2H3,(H,23,25,27). The second-order valence-electron chi connectivity index (χ2n) is 6.00. The van der Waals surface area contributed by atoms with Crippen molar-refractivity contribution in [2.24, 2.45) is 7.05 Å². The average molecular weight is 422 g/mol. The maximum atomic E-state index is 13.4. The summed E-state index contributed by atoms with van der Waals surface area (Å²) in [6.45, 7) is 0.683. The van der Waals surface area contributed by atoms with Crippen molar-refractivity contribution in [3.63, 3.8) is 0 Å². The van der Waals surface area contributed by atoms with Crippen LogP contribution in [0.15, 0.2) is 42.6 Å². The molecule has 0 atom stereocenters. The van der Waals surface area contributed by atoms with Gasteiger partial charge in [0.25, 0.3) is 5.91 Å². The molecule has 1 amide bonds. The number of hydrogen-bond acceptors (Lipinski definition) is 6. The summed E-state index contributed by atoms with van der Waals surface area (Å²) in [7, 11) is 1.30. The summed E-state index contributed by atoms with van der Waals surface area (Å²) in [5, 5.41) is 6.47. The first-order chi connectivity index (χ1) is 13.6. The smallest absolute Gasteiger partial charge is 0.362 e. The number of ether oxygens (including phenoxy) is 1. The van der Waals surface area contributed by atoms with Crippen molar-refractivity contribution in [2.45, 2.75) is 12.8 Å². The average Bonchev–Trinajstić information content (AvgIpc) is 3.03. The molecule has 0 aliphatic rings. The highest BCUT2D eigenvalue weighted by molar-refractivity contribution is 6.30. The van der Waals surface area contributed by atoms with Gasteiger partial charge >= 0.3 is 11.9 Å². The molecular weight excluding hydrogens is 408 g/mol. The van der Waals surface area contributed by atoms with E-state index < -0.39 is 23.6 Å². The SMILES string of the molecule is Cn1nc(NC(=O)c2ccc(OC(=O)c3ccc(Cl)cn3)cc2)nc1C(C)(F)F. The van der Waals surface area contributed by atoms with Crippen LogP contribution in [0.25, 0.3) is 0 Å². The molecule has 3 aromatic rings. The van der Waals surface area contributed by atoms with Gasteiger partial charge in [0, 0.05) is 25.7 Å². The Labute approximate surface area is 168 Å². The quantitative estimate of drug-likeness (QED) is 0.500. The van der Waals surface area contributed by atoms with Gasteiger partial charge in [0.1, 0.15) is 11.4 Å². The van der Waals surface area contributed by atoms with Crippen molar-refractivity contribution in [3.8, 4) is 5.75 Å². The number of pyridine rings is 1. The molecule has 0 aliphatic carbocycles. The molecule has 0 saturated carbocycles. The van der Waals surface area contributed by atoms with Crippen LogP contribution in [0.5, 0.6) is 5.75 Å². The third-order valence-electron chi connectivity index (χ3n) is 3.64. The molecule has 0 radical (unpaired) electrons. The second-order valence-corrected chi connectivity index (χ2v) is 6.44. The lowest BCUT2D eigenvalue weighted by Gasteiger charge is -2.07. The van der Waals surface area contributed by atoms with Gasteiger partial charge in [0.05, 0.1) is 5.02 Å². The molecule has 29 heavy (non-hydrogen) atoms. The van der Waals surface area contributed by atoms with Gasteiger partial charge in [0.15, 0.2) is 5.82 Å². The molecule has 0 saturated heterocycles. The highest BCUT2D eigenvalue weighted by atomic mass is 35.5. The van der Waals surface area contributed by atoms with E-state index in [0.29, 0.717) is 11.9 Å². The minimum atomic E-state index is -3.20. The molecule has 3 rings (SSSR count). The maximum Gasteiger partial charge on any atom is 0.362 e. The fourth-order valence-corrected chi connectivity index (χ4v) is 2.44. The Kier molecular flexibility index (Phi) is 5.55. The highest BCUT2D eigenvalue weighted by Gasteiger charge is 2.31. The monoisotopic (exact) mass is 421 g/mol. The van der Waals surface area contributed by atoms with Gasteiger partial charge < -0.3 is 4.74 Å². The molecular formula is C18H14ClF2N5O3. The van der Waals surface area contributed by atoms with Crippen LogP contribution in [-0.2, 0) is 13.0 Å². The summed E-state index contributed by atoms with van der Waals surface area (Å²) in [6, 6.07) is 8.52. The molecule has 0 fully saturated rings. The first-order valence-electron chi connectivity index (χ1n) is 8.18. The Hall–Kier alpha value is -3.40. The molecule has 0 spiro atoms. The maximum absolute atomic E-state index is 13.4. The van der Waals surface area contributed by atoms with E-state index in [1.54, 1.807) is 0 Å². The van der Waals surface area contributed by atoms with E-state index in [-0.39, 0.29) is 23.0 Å². The number of aryl methyl sites for hydroxylation is 1. The number of esters is 1. The van der Waals surface area contributed by atoms with E-state index in [9.17, 15) is 18.4 Å². The Morgan fingerprint density at radius 2 is 1.86 bits per heavy atom. The Balaban J connectivity index is 1.66. The normalized spacial score (nSPS) is 11.2. The molecule has 2 aromatic heterocycles. The van der Waals surface area contributed by atoms with Crippen LogP contribution in [-0.4, -0.2) is 31.6 Å². The predicted molar refractivity (Wildman–Crippen MR) is 99.2 cm³/mol. The minimum Gasteiger partial charge on any atom is -0.422 e. The molecule has 0 aliphatic heterocycles. The van der Waals surface area contributed by atoms with Crippen molar-refractivity contribution in [2.75, 3.05) is 5.32 Å². The number of aromatic nitrogens is 4. The third-order valence-corrected chi connectivity index (χ3v) is 3.87. The van der Waals surface area contributed by atoms with Crippen molar-refractivity contribution in [3.05, 3.63) is 64.7 Å². The van der Waals surface area contributed by atoms with Crippen LogP contribution >= 0.6 is 11.6 Å². The number of rotatable bonds is 5. The number of benzene rings is 1. The zero-order valence-corrected chi connectivity index (χ0v) is 15.9. The van der Waals surface area contributed by atoms with E-state index in [0.717, 1.165) is 4.68 Å². The Morgan fingerprint density at radius 3 is 2.41 bits per heavy atom. The lowest BCUT2D eigenvalue weighted by atomic mass is 10.2. The summed E-state index contributed by atoms with van der Waals surface area (Å²) >= 11 is 5.71. The van der Waals surface area contributed by atoms with Gasteiger partial charge in [-0.05, 0) is 36.4 Å². The summed E-state index contributed by atoms with van der Waals surface area (Å²) in [4.78, 5) is 31.7. The zero-order valence-electron chi connectivity index (χ0n) is 15.2. The molecule has 8 nitrogen and oxygen atoms in total. The lowest BCUT2D eigenvalue weighted by molar-refractivity contribution is 0.00409. The summed E-state index contributed by atoms with van der Waals surface area (Å²) in [6.07, 6.45) is 1.32. The van der Waals surface area contributed by atoms with Gasteiger partial charge in [0.2, 0.25) is 5.95 Å². The molecule has 0 bridgehead atoms. The Bertz CT molecular complexity index is 1050. The van der Waals surface area contributed by atoms with Gasteiger partial charge in [-0.25, -0.2) is 14.5 Å². The molecule has 2 heterocycles. The number of carbonyl (C=O) groups is 2.